The lowest BCUT2D eigenvalue weighted by atomic mass is 10.1. The van der Waals surface area contributed by atoms with Crippen LogP contribution in [0.1, 0.15) is 11.1 Å². The molecule has 3 aromatic carbocycles. The van der Waals surface area contributed by atoms with E-state index in [0.717, 1.165) is 44.8 Å². The lowest BCUT2D eigenvalue weighted by Crippen LogP contribution is -2.15. The Kier molecular flexibility index (Phi) is 5.71. The van der Waals surface area contributed by atoms with Gasteiger partial charge in [-0.1, -0.05) is 66.4 Å². The van der Waals surface area contributed by atoms with Crippen LogP contribution in [-0.4, -0.2) is 31.4 Å². The first-order valence-electron chi connectivity index (χ1n) is 10.7. The highest BCUT2D eigenvalue weighted by Gasteiger charge is 2.20. The van der Waals surface area contributed by atoms with Gasteiger partial charge >= 0.3 is 0 Å². The minimum atomic E-state index is -0.0812. The molecule has 2 N–H and O–H groups in total. The molecule has 6 nitrogen and oxygen atoms in total. The molecule has 0 radical (unpaired) electrons. The van der Waals surface area contributed by atoms with Gasteiger partial charge in [-0.15, -0.1) is 10.2 Å². The van der Waals surface area contributed by atoms with Crippen LogP contribution in [0, 0.1) is 13.8 Å². The second-order valence-electron chi connectivity index (χ2n) is 7.83. The maximum atomic E-state index is 12.7. The van der Waals surface area contributed by atoms with Crippen molar-refractivity contribution >= 4 is 34.3 Å². The fourth-order valence-electron chi connectivity index (χ4n) is 3.86. The van der Waals surface area contributed by atoms with Gasteiger partial charge < -0.3 is 10.3 Å². The molecule has 5 aromatic rings. The number of nitrogens with zero attached hydrogens (tertiary/aromatic N) is 3. The monoisotopic (exact) mass is 453 g/mol. The number of carbonyl (C=O) groups is 1. The molecule has 0 saturated heterocycles. The standard InChI is InChI=1S/C26H23N5OS/c1-17-9-3-6-12-21(17)28-24(32)16-33-26-30-29-25(31(26)23-14-8-4-10-18(23)2)20-15-27-22-13-7-5-11-19(20)22/h3-15,27H,16H2,1-2H3,(H,28,32). The number of aromatic amines is 1. The van der Waals surface area contributed by atoms with Crippen LogP contribution in [0.15, 0.2) is 84.1 Å². The largest absolute Gasteiger partial charge is 0.360 e. The minimum Gasteiger partial charge on any atom is -0.360 e. The molecule has 2 heterocycles. The first kappa shape index (κ1) is 21.0. The topological polar surface area (TPSA) is 75.6 Å². The number of aromatic nitrogens is 4. The summed E-state index contributed by atoms with van der Waals surface area (Å²) in [6, 6.07) is 24.0. The average molecular weight is 454 g/mol. The third-order valence-corrected chi connectivity index (χ3v) is 6.50. The quantitative estimate of drug-likeness (QED) is 0.320. The minimum absolute atomic E-state index is 0.0812. The Bertz CT molecular complexity index is 1450. The summed E-state index contributed by atoms with van der Waals surface area (Å²) in [6.45, 7) is 4.04. The molecule has 164 valence electrons. The van der Waals surface area contributed by atoms with E-state index in [1.54, 1.807) is 0 Å². The summed E-state index contributed by atoms with van der Waals surface area (Å²) in [5.74, 6) is 0.887. The highest BCUT2D eigenvalue weighted by molar-refractivity contribution is 7.99. The zero-order valence-corrected chi connectivity index (χ0v) is 19.2. The SMILES string of the molecule is Cc1ccccc1NC(=O)CSc1nnc(-c2c[nH]c3ccccc23)n1-c1ccccc1C. The second-order valence-corrected chi connectivity index (χ2v) is 8.77. The Hall–Kier alpha value is -3.84. The van der Waals surface area contributed by atoms with E-state index in [4.69, 9.17) is 0 Å². The molecule has 2 aromatic heterocycles. The first-order chi connectivity index (χ1) is 16.1. The summed E-state index contributed by atoms with van der Waals surface area (Å²) in [6.07, 6.45) is 1.96. The molecular weight excluding hydrogens is 430 g/mol. The normalized spacial score (nSPS) is 11.1. The van der Waals surface area contributed by atoms with Crippen molar-refractivity contribution in [2.45, 2.75) is 19.0 Å². The number of rotatable bonds is 6. The van der Waals surface area contributed by atoms with E-state index in [-0.39, 0.29) is 11.7 Å². The lowest BCUT2D eigenvalue weighted by molar-refractivity contribution is -0.113. The third kappa shape index (κ3) is 4.15. The zero-order chi connectivity index (χ0) is 22.8. The zero-order valence-electron chi connectivity index (χ0n) is 18.4. The van der Waals surface area contributed by atoms with Crippen molar-refractivity contribution in [3.63, 3.8) is 0 Å². The summed E-state index contributed by atoms with van der Waals surface area (Å²) < 4.78 is 2.04. The van der Waals surface area contributed by atoms with Gasteiger partial charge in [-0.25, -0.2) is 0 Å². The number of carbonyl (C=O) groups excluding carboxylic acids is 1. The molecule has 0 fully saturated rings. The van der Waals surface area contributed by atoms with E-state index >= 15 is 0 Å². The molecule has 0 bridgehead atoms. The average Bonchev–Trinajstić information content (AvgIpc) is 3.43. The van der Waals surface area contributed by atoms with E-state index in [0.29, 0.717) is 5.16 Å². The lowest BCUT2D eigenvalue weighted by Gasteiger charge is -2.13. The highest BCUT2D eigenvalue weighted by Crippen LogP contribution is 2.33. The van der Waals surface area contributed by atoms with Gasteiger partial charge in [0.1, 0.15) is 0 Å². The van der Waals surface area contributed by atoms with Crippen molar-refractivity contribution in [3.05, 3.63) is 90.1 Å². The number of benzene rings is 3. The van der Waals surface area contributed by atoms with E-state index < -0.39 is 0 Å². The molecule has 0 aliphatic rings. The molecule has 0 unspecified atom stereocenters. The number of anilines is 1. The molecule has 0 spiro atoms. The van der Waals surface area contributed by atoms with Gasteiger partial charge in [0.15, 0.2) is 11.0 Å². The Morgan fingerprint density at radius 2 is 1.67 bits per heavy atom. The number of hydrogen-bond acceptors (Lipinski definition) is 4. The second kappa shape index (κ2) is 8.96. The van der Waals surface area contributed by atoms with Crippen LogP contribution in [0.3, 0.4) is 0 Å². The van der Waals surface area contributed by atoms with Crippen LogP contribution in [0.5, 0.6) is 0 Å². The number of nitrogens with one attached hydrogen (secondary N) is 2. The third-order valence-electron chi connectivity index (χ3n) is 5.57. The number of aryl methyl sites for hydroxylation is 2. The number of H-pyrrole nitrogens is 1. The molecule has 0 saturated carbocycles. The van der Waals surface area contributed by atoms with Crippen molar-refractivity contribution in [2.75, 3.05) is 11.1 Å². The fraction of sp³-hybridized carbons (Fsp3) is 0.115. The number of fused-ring (bicyclic) bond motifs is 1. The van der Waals surface area contributed by atoms with Gasteiger partial charge in [-0.05, 0) is 43.2 Å². The van der Waals surface area contributed by atoms with E-state index in [9.17, 15) is 4.79 Å². The van der Waals surface area contributed by atoms with Gasteiger partial charge in [0, 0.05) is 28.4 Å². The molecule has 33 heavy (non-hydrogen) atoms. The van der Waals surface area contributed by atoms with Crippen LogP contribution in [0.25, 0.3) is 28.0 Å². The van der Waals surface area contributed by atoms with Crippen LogP contribution < -0.4 is 5.32 Å². The van der Waals surface area contributed by atoms with Crippen molar-refractivity contribution in [3.8, 4) is 17.1 Å². The number of hydrogen-bond donors (Lipinski definition) is 2. The summed E-state index contributed by atoms with van der Waals surface area (Å²) in [7, 11) is 0. The van der Waals surface area contributed by atoms with Gasteiger partial charge in [0.05, 0.1) is 11.4 Å². The van der Waals surface area contributed by atoms with Gasteiger partial charge in [-0.2, -0.15) is 0 Å². The van der Waals surface area contributed by atoms with Crippen molar-refractivity contribution in [1.29, 1.82) is 0 Å². The fourth-order valence-corrected chi connectivity index (χ4v) is 4.60. The van der Waals surface area contributed by atoms with Crippen LogP contribution >= 0.6 is 11.8 Å². The van der Waals surface area contributed by atoms with Crippen LogP contribution in [0.4, 0.5) is 5.69 Å². The summed E-state index contributed by atoms with van der Waals surface area (Å²) in [5, 5.41) is 13.8. The van der Waals surface area contributed by atoms with Crippen LogP contribution in [-0.2, 0) is 4.79 Å². The highest BCUT2D eigenvalue weighted by atomic mass is 32.2. The van der Waals surface area contributed by atoms with Crippen molar-refractivity contribution < 1.29 is 4.79 Å². The number of para-hydroxylation sites is 3. The summed E-state index contributed by atoms with van der Waals surface area (Å²) in [5.41, 5.74) is 5.95. The maximum Gasteiger partial charge on any atom is 0.234 e. The molecule has 5 rings (SSSR count). The molecule has 1 amide bonds. The molecular formula is C26H23N5OS. The molecule has 0 aliphatic heterocycles. The Balaban J connectivity index is 1.50. The predicted molar refractivity (Wildman–Crippen MR) is 134 cm³/mol. The summed E-state index contributed by atoms with van der Waals surface area (Å²) in [4.78, 5) is 16.0. The predicted octanol–water partition coefficient (Wildman–Crippen LogP) is 5.76. The Labute approximate surface area is 196 Å². The van der Waals surface area contributed by atoms with Gasteiger partial charge in [0.2, 0.25) is 5.91 Å². The van der Waals surface area contributed by atoms with E-state index in [1.165, 1.54) is 11.8 Å². The molecule has 0 atom stereocenters. The first-order valence-corrected chi connectivity index (χ1v) is 11.7. The number of thioether (sulfide) groups is 1. The van der Waals surface area contributed by atoms with E-state index in [1.807, 2.05) is 72.3 Å². The number of amides is 1. The van der Waals surface area contributed by atoms with Crippen LogP contribution in [0.2, 0.25) is 0 Å². The Morgan fingerprint density at radius 1 is 0.939 bits per heavy atom. The summed E-state index contributed by atoms with van der Waals surface area (Å²) >= 11 is 1.37. The Morgan fingerprint density at radius 3 is 2.48 bits per heavy atom. The van der Waals surface area contributed by atoms with Crippen molar-refractivity contribution in [1.82, 2.24) is 19.7 Å². The van der Waals surface area contributed by atoms with Crippen molar-refractivity contribution in [2.24, 2.45) is 0 Å². The maximum absolute atomic E-state index is 12.7. The van der Waals surface area contributed by atoms with E-state index in [2.05, 4.69) is 45.6 Å². The molecule has 7 heteroatoms. The van der Waals surface area contributed by atoms with Gasteiger partial charge in [0.25, 0.3) is 0 Å². The smallest absolute Gasteiger partial charge is 0.234 e. The molecule has 0 aliphatic carbocycles. The van der Waals surface area contributed by atoms with Gasteiger partial charge in [-0.3, -0.25) is 9.36 Å².